The predicted octanol–water partition coefficient (Wildman–Crippen LogP) is 2.74. The highest BCUT2D eigenvalue weighted by molar-refractivity contribution is 7.18. The third kappa shape index (κ3) is 3.67. The number of nitrogens with one attached hydrogen (secondary N) is 1. The van der Waals surface area contributed by atoms with Crippen LogP contribution >= 0.6 is 11.3 Å². The summed E-state index contributed by atoms with van der Waals surface area (Å²) in [4.78, 5) is 19.3. The van der Waals surface area contributed by atoms with E-state index in [-0.39, 0.29) is 5.91 Å². The minimum atomic E-state index is -0.0810. The van der Waals surface area contributed by atoms with Crippen LogP contribution in [0.15, 0.2) is 0 Å². The maximum absolute atomic E-state index is 12.3. The smallest absolute Gasteiger partial charge is 0.265 e. The minimum Gasteiger partial charge on any atom is -0.382 e. The second-order valence-corrected chi connectivity index (χ2v) is 6.74. The van der Waals surface area contributed by atoms with Crippen LogP contribution in [0, 0.1) is 11.8 Å². The number of hydrogen-bond acceptors (Lipinski definition) is 5. The van der Waals surface area contributed by atoms with Crippen LogP contribution in [0.4, 0.5) is 10.9 Å². The quantitative estimate of drug-likeness (QED) is 0.847. The van der Waals surface area contributed by atoms with E-state index in [9.17, 15) is 4.79 Å². The lowest BCUT2D eigenvalue weighted by molar-refractivity contribution is 0.0949. The van der Waals surface area contributed by atoms with E-state index < -0.39 is 0 Å². The van der Waals surface area contributed by atoms with Crippen LogP contribution in [-0.2, 0) is 0 Å². The van der Waals surface area contributed by atoms with E-state index >= 15 is 0 Å². The van der Waals surface area contributed by atoms with Gasteiger partial charge in [-0.05, 0) is 32.1 Å². The summed E-state index contributed by atoms with van der Waals surface area (Å²) in [6.07, 6.45) is 3.76. The van der Waals surface area contributed by atoms with Crippen LogP contribution in [0.1, 0.15) is 49.7 Å². The highest BCUT2D eigenvalue weighted by Gasteiger charge is 2.25. The van der Waals surface area contributed by atoms with Crippen LogP contribution in [0.2, 0.25) is 0 Å². The molecule has 118 valence electrons. The number of carbonyl (C=O) groups is 1. The third-order valence-corrected chi connectivity index (χ3v) is 5.58. The molecular formula is C15H26N4OS. The molecule has 1 heterocycles. The number of anilines is 2. The van der Waals surface area contributed by atoms with Gasteiger partial charge in [0.05, 0.1) is 0 Å². The molecule has 0 saturated heterocycles. The van der Waals surface area contributed by atoms with Gasteiger partial charge in [-0.2, -0.15) is 0 Å². The lowest BCUT2D eigenvalue weighted by Gasteiger charge is -2.16. The Kier molecular flexibility index (Phi) is 5.45. The number of nitrogens with zero attached hydrogens (tertiary/aromatic N) is 2. The Morgan fingerprint density at radius 3 is 2.71 bits per heavy atom. The molecule has 1 aromatic heterocycles. The van der Waals surface area contributed by atoms with Crippen molar-refractivity contribution < 1.29 is 4.79 Å². The molecule has 6 heteroatoms. The molecule has 1 saturated carbocycles. The molecule has 1 aromatic rings. The van der Waals surface area contributed by atoms with Crippen molar-refractivity contribution in [3.8, 4) is 0 Å². The van der Waals surface area contributed by atoms with Gasteiger partial charge in [0.2, 0.25) is 0 Å². The fourth-order valence-electron chi connectivity index (χ4n) is 2.94. The average molecular weight is 310 g/mol. The van der Waals surface area contributed by atoms with Gasteiger partial charge in [-0.3, -0.25) is 4.79 Å². The molecule has 0 spiro atoms. The number of hydrogen-bond donors (Lipinski definition) is 2. The van der Waals surface area contributed by atoms with E-state index in [4.69, 9.17) is 5.73 Å². The van der Waals surface area contributed by atoms with Gasteiger partial charge in [0, 0.05) is 19.6 Å². The molecule has 1 aliphatic rings. The fourth-order valence-corrected chi connectivity index (χ4v) is 3.97. The molecule has 3 N–H and O–H groups in total. The Hall–Kier alpha value is -1.30. The highest BCUT2D eigenvalue weighted by Crippen LogP contribution is 2.31. The van der Waals surface area contributed by atoms with Crippen LogP contribution in [0.3, 0.4) is 0 Å². The summed E-state index contributed by atoms with van der Waals surface area (Å²) < 4.78 is 0. The largest absolute Gasteiger partial charge is 0.382 e. The molecular weight excluding hydrogens is 284 g/mol. The van der Waals surface area contributed by atoms with Crippen LogP contribution in [0.5, 0.6) is 0 Å². The fraction of sp³-hybridized carbons (Fsp3) is 0.733. The monoisotopic (exact) mass is 310 g/mol. The van der Waals surface area contributed by atoms with E-state index in [1.807, 2.05) is 0 Å². The SMILES string of the molecule is CCN(CC)c1nc(N)c(C(=O)NCC2CCCC2C)s1. The van der Waals surface area contributed by atoms with Crippen LogP contribution in [-0.4, -0.2) is 30.5 Å². The van der Waals surface area contributed by atoms with Crippen LogP contribution < -0.4 is 16.0 Å². The van der Waals surface area contributed by atoms with Crippen molar-refractivity contribution in [2.24, 2.45) is 11.8 Å². The average Bonchev–Trinajstić information content (AvgIpc) is 3.04. The summed E-state index contributed by atoms with van der Waals surface area (Å²) >= 11 is 1.39. The Bertz CT molecular complexity index is 484. The van der Waals surface area contributed by atoms with Gasteiger partial charge in [0.25, 0.3) is 5.91 Å². The molecule has 2 rings (SSSR count). The van der Waals surface area contributed by atoms with Crippen LogP contribution in [0.25, 0.3) is 0 Å². The van der Waals surface area contributed by atoms with E-state index in [0.29, 0.717) is 22.5 Å². The van der Waals surface area contributed by atoms with Crippen molar-refractivity contribution in [3.05, 3.63) is 4.88 Å². The number of thiazole rings is 1. The zero-order valence-corrected chi connectivity index (χ0v) is 14.0. The Morgan fingerprint density at radius 2 is 2.14 bits per heavy atom. The summed E-state index contributed by atoms with van der Waals surface area (Å²) in [6.45, 7) is 8.89. The first-order valence-electron chi connectivity index (χ1n) is 7.86. The topological polar surface area (TPSA) is 71.2 Å². The van der Waals surface area contributed by atoms with Gasteiger partial charge in [-0.1, -0.05) is 31.1 Å². The zero-order valence-electron chi connectivity index (χ0n) is 13.2. The van der Waals surface area contributed by atoms with Crippen molar-refractivity contribution in [1.29, 1.82) is 0 Å². The lowest BCUT2D eigenvalue weighted by Crippen LogP contribution is -2.30. The van der Waals surface area contributed by atoms with Gasteiger partial charge in [-0.15, -0.1) is 0 Å². The molecule has 0 bridgehead atoms. The van der Waals surface area contributed by atoms with Crippen molar-refractivity contribution in [2.45, 2.75) is 40.0 Å². The first-order valence-corrected chi connectivity index (χ1v) is 8.67. The number of aromatic nitrogens is 1. The van der Waals surface area contributed by atoms with Crippen molar-refractivity contribution >= 4 is 28.2 Å². The first-order chi connectivity index (χ1) is 10.1. The number of nitrogens with two attached hydrogens (primary N) is 1. The van der Waals surface area contributed by atoms with Gasteiger partial charge in [0.1, 0.15) is 10.7 Å². The summed E-state index contributed by atoms with van der Waals surface area (Å²) in [5, 5.41) is 3.86. The van der Waals surface area contributed by atoms with Crippen molar-refractivity contribution in [3.63, 3.8) is 0 Å². The molecule has 21 heavy (non-hydrogen) atoms. The van der Waals surface area contributed by atoms with E-state index in [2.05, 4.69) is 36.0 Å². The third-order valence-electron chi connectivity index (χ3n) is 4.45. The van der Waals surface area contributed by atoms with Gasteiger partial charge in [-0.25, -0.2) is 4.98 Å². The van der Waals surface area contributed by atoms with E-state index in [0.717, 1.165) is 24.8 Å². The van der Waals surface area contributed by atoms with Gasteiger partial charge < -0.3 is 16.0 Å². The van der Waals surface area contributed by atoms with E-state index in [1.54, 1.807) is 0 Å². The normalized spacial score (nSPS) is 21.5. The molecule has 5 nitrogen and oxygen atoms in total. The summed E-state index contributed by atoms with van der Waals surface area (Å²) in [6, 6.07) is 0. The molecule has 2 unspecified atom stereocenters. The zero-order chi connectivity index (χ0) is 15.4. The number of nitrogen functional groups attached to an aromatic ring is 1. The number of carbonyl (C=O) groups excluding carboxylic acids is 1. The van der Waals surface area contributed by atoms with Gasteiger partial charge in [0.15, 0.2) is 5.13 Å². The minimum absolute atomic E-state index is 0.0810. The second kappa shape index (κ2) is 7.11. The van der Waals surface area contributed by atoms with E-state index in [1.165, 1.54) is 30.6 Å². The summed E-state index contributed by atoms with van der Waals surface area (Å²) in [5.74, 6) is 1.57. The summed E-state index contributed by atoms with van der Waals surface area (Å²) in [5.41, 5.74) is 5.91. The molecule has 2 atom stereocenters. The molecule has 0 radical (unpaired) electrons. The molecule has 1 fully saturated rings. The van der Waals surface area contributed by atoms with Crippen molar-refractivity contribution in [1.82, 2.24) is 10.3 Å². The highest BCUT2D eigenvalue weighted by atomic mass is 32.1. The lowest BCUT2D eigenvalue weighted by atomic mass is 9.98. The number of amides is 1. The second-order valence-electron chi connectivity index (χ2n) is 5.76. The Balaban J connectivity index is 1.98. The first kappa shape index (κ1) is 16.1. The number of rotatable bonds is 6. The predicted molar refractivity (Wildman–Crippen MR) is 88.9 cm³/mol. The maximum atomic E-state index is 12.3. The summed E-state index contributed by atoms with van der Waals surface area (Å²) in [7, 11) is 0. The molecule has 0 aromatic carbocycles. The molecule has 0 aliphatic heterocycles. The van der Waals surface area contributed by atoms with Crippen molar-refractivity contribution in [2.75, 3.05) is 30.3 Å². The maximum Gasteiger partial charge on any atom is 0.265 e. The Morgan fingerprint density at radius 1 is 1.43 bits per heavy atom. The standard InChI is InChI=1S/C15H26N4OS/c1-4-19(5-2)15-18-13(16)12(21-15)14(20)17-9-11-8-6-7-10(11)3/h10-11H,4-9,16H2,1-3H3,(H,17,20). The molecule has 1 amide bonds. The Labute approximate surface area is 130 Å². The molecule has 1 aliphatic carbocycles. The van der Waals surface area contributed by atoms with Gasteiger partial charge >= 0.3 is 0 Å².